The molecule has 1 saturated heterocycles. The molecule has 17 heavy (non-hydrogen) atoms. The van der Waals surface area contributed by atoms with Crippen molar-refractivity contribution in [3.63, 3.8) is 0 Å². The van der Waals surface area contributed by atoms with E-state index in [1.807, 2.05) is 0 Å². The third kappa shape index (κ3) is 2.62. The molecule has 1 aliphatic heterocycles. The van der Waals surface area contributed by atoms with E-state index in [0.717, 1.165) is 0 Å². The summed E-state index contributed by atoms with van der Waals surface area (Å²) >= 11 is 0. The van der Waals surface area contributed by atoms with Crippen molar-refractivity contribution < 1.29 is 28.8 Å². The summed E-state index contributed by atoms with van der Waals surface area (Å²) in [4.78, 5) is 0. The van der Waals surface area contributed by atoms with Crippen molar-refractivity contribution in [1.29, 1.82) is 0 Å². The van der Waals surface area contributed by atoms with Crippen LogP contribution in [0.4, 0.5) is 0 Å². The van der Waals surface area contributed by atoms with Crippen LogP contribution in [-0.2, 0) is 23.7 Å². The number of rotatable bonds is 5. The standard InChI is InChI=1S/C11H22O6/c1-10(14-4)11(2,15-5)17-9(7-13-3)8(6-12)16-10/h8-9,12H,6-7H2,1-5H3/t8-,9+,10-,11-/m1/s1. The maximum atomic E-state index is 9.30. The van der Waals surface area contributed by atoms with Gasteiger partial charge in [-0.25, -0.2) is 0 Å². The number of methoxy groups -OCH3 is 3. The zero-order chi connectivity index (χ0) is 13.1. The highest BCUT2D eigenvalue weighted by atomic mass is 16.8. The van der Waals surface area contributed by atoms with Crippen molar-refractivity contribution in [3.8, 4) is 0 Å². The van der Waals surface area contributed by atoms with E-state index in [9.17, 15) is 5.11 Å². The zero-order valence-electron chi connectivity index (χ0n) is 11.1. The summed E-state index contributed by atoms with van der Waals surface area (Å²) in [5.74, 6) is -2.14. The number of hydrogen-bond acceptors (Lipinski definition) is 6. The van der Waals surface area contributed by atoms with E-state index in [4.69, 9.17) is 23.7 Å². The van der Waals surface area contributed by atoms with Crippen LogP contribution in [0, 0.1) is 0 Å². The Kier molecular flexibility index (Phi) is 4.88. The number of aliphatic hydroxyl groups is 1. The van der Waals surface area contributed by atoms with E-state index >= 15 is 0 Å². The van der Waals surface area contributed by atoms with Crippen molar-refractivity contribution in [2.24, 2.45) is 0 Å². The van der Waals surface area contributed by atoms with Crippen molar-refractivity contribution in [2.45, 2.75) is 37.6 Å². The molecule has 0 aliphatic carbocycles. The van der Waals surface area contributed by atoms with E-state index in [-0.39, 0.29) is 6.61 Å². The Morgan fingerprint density at radius 1 is 1.00 bits per heavy atom. The molecule has 0 amide bonds. The molecule has 1 aliphatic rings. The topological polar surface area (TPSA) is 66.4 Å². The third-order valence-electron chi connectivity index (χ3n) is 3.28. The Hall–Kier alpha value is -0.240. The predicted molar refractivity (Wildman–Crippen MR) is 59.5 cm³/mol. The van der Waals surface area contributed by atoms with Gasteiger partial charge in [-0.15, -0.1) is 0 Å². The Bertz CT molecular complexity index is 248. The van der Waals surface area contributed by atoms with Gasteiger partial charge in [-0.1, -0.05) is 0 Å². The molecule has 1 N–H and O–H groups in total. The van der Waals surface area contributed by atoms with E-state index < -0.39 is 23.8 Å². The van der Waals surface area contributed by atoms with Crippen LogP contribution in [0.15, 0.2) is 0 Å². The van der Waals surface area contributed by atoms with Crippen LogP contribution in [0.1, 0.15) is 13.8 Å². The number of hydrogen-bond donors (Lipinski definition) is 1. The molecule has 1 rings (SSSR count). The summed E-state index contributed by atoms with van der Waals surface area (Å²) in [6.07, 6.45) is -0.915. The Morgan fingerprint density at radius 2 is 1.47 bits per heavy atom. The Morgan fingerprint density at radius 3 is 1.82 bits per heavy atom. The molecular weight excluding hydrogens is 228 g/mol. The third-order valence-corrected chi connectivity index (χ3v) is 3.28. The monoisotopic (exact) mass is 250 g/mol. The zero-order valence-corrected chi connectivity index (χ0v) is 11.1. The van der Waals surface area contributed by atoms with E-state index in [2.05, 4.69) is 0 Å². The molecule has 6 heteroatoms. The summed E-state index contributed by atoms with van der Waals surface area (Å²) in [6, 6.07) is 0. The Labute approximate surface area is 102 Å². The molecule has 0 aromatic carbocycles. The second kappa shape index (κ2) is 5.60. The maximum Gasteiger partial charge on any atom is 0.220 e. The molecule has 0 aromatic rings. The summed E-state index contributed by atoms with van der Waals surface area (Å²) in [7, 11) is 4.58. The lowest BCUT2D eigenvalue weighted by Gasteiger charge is -2.51. The van der Waals surface area contributed by atoms with Gasteiger partial charge in [-0.2, -0.15) is 0 Å². The van der Waals surface area contributed by atoms with Gasteiger partial charge in [0.25, 0.3) is 0 Å². The van der Waals surface area contributed by atoms with Crippen LogP contribution in [0.3, 0.4) is 0 Å². The van der Waals surface area contributed by atoms with Crippen molar-refractivity contribution in [1.82, 2.24) is 0 Å². The van der Waals surface area contributed by atoms with Gasteiger partial charge in [0.1, 0.15) is 12.2 Å². The molecule has 6 nitrogen and oxygen atoms in total. The molecule has 0 radical (unpaired) electrons. The van der Waals surface area contributed by atoms with Crippen LogP contribution in [-0.4, -0.2) is 63.4 Å². The first kappa shape index (κ1) is 14.8. The fourth-order valence-electron chi connectivity index (χ4n) is 1.87. The molecule has 0 spiro atoms. The van der Waals surface area contributed by atoms with Crippen LogP contribution in [0.25, 0.3) is 0 Å². The molecule has 0 aromatic heterocycles. The highest BCUT2D eigenvalue weighted by Crippen LogP contribution is 2.38. The highest BCUT2D eigenvalue weighted by molar-refractivity contribution is 4.90. The second-order valence-electron chi connectivity index (χ2n) is 4.25. The van der Waals surface area contributed by atoms with Crippen LogP contribution in [0.2, 0.25) is 0 Å². The first-order chi connectivity index (χ1) is 7.96. The van der Waals surface area contributed by atoms with Crippen molar-refractivity contribution in [2.75, 3.05) is 34.5 Å². The lowest BCUT2D eigenvalue weighted by molar-refractivity contribution is -0.451. The van der Waals surface area contributed by atoms with Gasteiger partial charge >= 0.3 is 0 Å². The normalized spacial score (nSPS) is 42.7. The maximum absolute atomic E-state index is 9.30. The van der Waals surface area contributed by atoms with E-state index in [1.165, 1.54) is 14.2 Å². The van der Waals surface area contributed by atoms with Gasteiger partial charge in [0.2, 0.25) is 11.6 Å². The molecule has 0 bridgehead atoms. The fraction of sp³-hybridized carbons (Fsp3) is 1.00. The molecule has 0 unspecified atom stereocenters. The van der Waals surface area contributed by atoms with E-state index in [1.54, 1.807) is 21.0 Å². The number of aliphatic hydroxyl groups excluding tert-OH is 1. The lowest BCUT2D eigenvalue weighted by atomic mass is 10.0. The quantitative estimate of drug-likeness (QED) is 0.748. The van der Waals surface area contributed by atoms with Crippen LogP contribution >= 0.6 is 0 Å². The number of ether oxygens (including phenoxy) is 5. The largest absolute Gasteiger partial charge is 0.394 e. The molecule has 102 valence electrons. The first-order valence-electron chi connectivity index (χ1n) is 5.52. The van der Waals surface area contributed by atoms with Crippen LogP contribution < -0.4 is 0 Å². The summed E-state index contributed by atoms with van der Waals surface area (Å²) < 4.78 is 27.3. The van der Waals surface area contributed by atoms with Gasteiger partial charge < -0.3 is 28.8 Å². The molecule has 1 heterocycles. The van der Waals surface area contributed by atoms with E-state index in [0.29, 0.717) is 6.61 Å². The minimum atomic E-state index is -1.08. The van der Waals surface area contributed by atoms with Gasteiger partial charge in [-0.05, 0) is 13.8 Å². The molecule has 0 saturated carbocycles. The summed E-state index contributed by atoms with van der Waals surface area (Å²) in [6.45, 7) is 3.58. The minimum absolute atomic E-state index is 0.174. The van der Waals surface area contributed by atoms with Gasteiger partial charge in [-0.3, -0.25) is 0 Å². The first-order valence-corrected chi connectivity index (χ1v) is 5.52. The average molecular weight is 250 g/mol. The van der Waals surface area contributed by atoms with Gasteiger partial charge in [0, 0.05) is 21.3 Å². The summed E-state index contributed by atoms with van der Waals surface area (Å²) in [5.41, 5.74) is 0. The smallest absolute Gasteiger partial charge is 0.220 e. The van der Waals surface area contributed by atoms with Crippen LogP contribution in [0.5, 0.6) is 0 Å². The molecule has 4 atom stereocenters. The fourth-order valence-corrected chi connectivity index (χ4v) is 1.87. The average Bonchev–Trinajstić information content (AvgIpc) is 2.34. The van der Waals surface area contributed by atoms with Gasteiger partial charge in [0.15, 0.2) is 0 Å². The molecular formula is C11H22O6. The van der Waals surface area contributed by atoms with Gasteiger partial charge in [0.05, 0.1) is 13.2 Å². The minimum Gasteiger partial charge on any atom is -0.394 e. The lowest BCUT2D eigenvalue weighted by Crippen LogP contribution is -2.66. The second-order valence-corrected chi connectivity index (χ2v) is 4.25. The highest BCUT2D eigenvalue weighted by Gasteiger charge is 2.56. The predicted octanol–water partition coefficient (Wildman–Crippen LogP) is 0.134. The Balaban J connectivity index is 2.92. The van der Waals surface area contributed by atoms with Crippen molar-refractivity contribution in [3.05, 3.63) is 0 Å². The summed E-state index contributed by atoms with van der Waals surface area (Å²) in [5, 5.41) is 9.30. The molecule has 1 fully saturated rings. The van der Waals surface area contributed by atoms with Crippen molar-refractivity contribution >= 4 is 0 Å². The SMILES string of the molecule is COC[C@@H]1O[C@@](C)(OC)[C@](C)(OC)O[C@@H]1CO.